The molecule has 3 fully saturated rings. The number of benzene rings is 1. The first-order valence-electron chi connectivity index (χ1n) is 10.5. The predicted octanol–water partition coefficient (Wildman–Crippen LogP) is 3.47. The average Bonchev–Trinajstić information content (AvgIpc) is 3.21. The molecule has 0 unspecified atom stereocenters. The molecular weight excluding hydrogens is 341 g/mol. The van der Waals surface area contributed by atoms with Crippen LogP contribution in [-0.2, 0) is 11.3 Å². The minimum Gasteiger partial charge on any atom is -0.298 e. The molecule has 0 radical (unpaired) electrons. The number of nitrogens with zero attached hydrogens (tertiary/aromatic N) is 3. The summed E-state index contributed by atoms with van der Waals surface area (Å²) in [6.07, 6.45) is 5.27. The summed E-state index contributed by atoms with van der Waals surface area (Å²) in [5, 5.41) is 0. The van der Waals surface area contributed by atoms with Gasteiger partial charge in [-0.1, -0.05) is 25.1 Å². The van der Waals surface area contributed by atoms with Gasteiger partial charge in [-0.15, -0.1) is 0 Å². The number of amidine groups is 1. The quantitative estimate of drug-likeness (QED) is 0.797. The van der Waals surface area contributed by atoms with Crippen LogP contribution in [-0.4, -0.2) is 46.7 Å². The van der Waals surface area contributed by atoms with Crippen molar-refractivity contribution in [1.29, 1.82) is 0 Å². The lowest BCUT2D eigenvalue weighted by molar-refractivity contribution is -0.132. The van der Waals surface area contributed by atoms with Gasteiger partial charge in [-0.3, -0.25) is 19.6 Å². The first-order valence-corrected chi connectivity index (χ1v) is 10.5. The lowest BCUT2D eigenvalue weighted by atomic mass is 9.85. The monoisotopic (exact) mass is 369 g/mol. The van der Waals surface area contributed by atoms with E-state index in [1.165, 1.54) is 18.9 Å². The smallest absolute Gasteiger partial charge is 0.256 e. The number of hydrogen-bond acceptors (Lipinski definition) is 3. The van der Waals surface area contributed by atoms with Crippen molar-refractivity contribution in [3.05, 3.63) is 35.6 Å². The minimum absolute atomic E-state index is 0.136. The van der Waals surface area contributed by atoms with Gasteiger partial charge in [0.15, 0.2) is 0 Å². The molecule has 2 heterocycles. The maximum Gasteiger partial charge on any atom is 0.256 e. The van der Waals surface area contributed by atoms with Crippen molar-refractivity contribution in [3.63, 3.8) is 0 Å². The molecule has 1 saturated heterocycles. The molecule has 27 heavy (non-hydrogen) atoms. The number of hydrogen-bond donors (Lipinski definition) is 0. The van der Waals surface area contributed by atoms with Gasteiger partial charge in [-0.05, 0) is 43.6 Å². The van der Waals surface area contributed by atoms with Gasteiger partial charge in [-0.2, -0.15) is 0 Å². The highest BCUT2D eigenvalue weighted by Crippen LogP contribution is 2.51. The molecule has 5 rings (SSSR count). The Balaban J connectivity index is 1.36. The number of halogens is 1. The SMILES string of the molecule is CCC1=N[C@@]2(CC[C@@H]3CN(Cc4ccccc4F)C[C@@H]32)C(=O)N1CC1CC1. The van der Waals surface area contributed by atoms with Crippen molar-refractivity contribution in [2.45, 2.75) is 51.1 Å². The molecule has 5 heteroatoms. The van der Waals surface area contributed by atoms with Crippen molar-refractivity contribution in [2.24, 2.45) is 22.7 Å². The normalized spacial score (nSPS) is 33.2. The molecule has 4 nitrogen and oxygen atoms in total. The zero-order valence-electron chi connectivity index (χ0n) is 16.0. The fourth-order valence-electron chi connectivity index (χ4n) is 5.49. The van der Waals surface area contributed by atoms with Crippen LogP contribution in [0.25, 0.3) is 0 Å². The van der Waals surface area contributed by atoms with Gasteiger partial charge in [0.25, 0.3) is 5.91 Å². The fraction of sp³-hybridized carbons (Fsp3) is 0.636. The van der Waals surface area contributed by atoms with Crippen LogP contribution in [0.2, 0.25) is 0 Å². The Morgan fingerprint density at radius 1 is 1.22 bits per heavy atom. The van der Waals surface area contributed by atoms with Crippen LogP contribution < -0.4 is 0 Å². The minimum atomic E-state index is -0.533. The van der Waals surface area contributed by atoms with Crippen molar-refractivity contribution in [1.82, 2.24) is 9.80 Å². The van der Waals surface area contributed by atoms with E-state index >= 15 is 0 Å². The molecule has 1 aromatic rings. The standard InChI is InChI=1S/C22H28FN3O/c1-2-20-24-22(21(27)26(20)11-15-7-8-15)10-9-16-12-25(14-18(16)22)13-17-5-3-4-6-19(17)23/h3-6,15-16,18H,2,7-14H2,1H3/t16-,18+,22-/m1/s1. The van der Waals surface area contributed by atoms with E-state index in [9.17, 15) is 9.18 Å². The second-order valence-electron chi connectivity index (χ2n) is 8.86. The summed E-state index contributed by atoms with van der Waals surface area (Å²) in [4.78, 5) is 22.9. The van der Waals surface area contributed by atoms with Crippen LogP contribution in [0.15, 0.2) is 29.3 Å². The predicted molar refractivity (Wildman–Crippen MR) is 103 cm³/mol. The zero-order valence-corrected chi connectivity index (χ0v) is 16.0. The Morgan fingerprint density at radius 2 is 2.04 bits per heavy atom. The highest BCUT2D eigenvalue weighted by Gasteiger charge is 2.61. The third kappa shape index (κ3) is 2.82. The van der Waals surface area contributed by atoms with Crippen LogP contribution in [0, 0.1) is 23.6 Å². The van der Waals surface area contributed by atoms with E-state index < -0.39 is 5.54 Å². The first-order chi connectivity index (χ1) is 13.1. The lowest BCUT2D eigenvalue weighted by Gasteiger charge is -2.28. The van der Waals surface area contributed by atoms with E-state index in [2.05, 4.69) is 11.8 Å². The summed E-state index contributed by atoms with van der Waals surface area (Å²) in [7, 11) is 0. The molecular formula is C22H28FN3O. The maximum atomic E-state index is 14.1. The zero-order chi connectivity index (χ0) is 18.6. The number of carbonyl (C=O) groups is 1. The Bertz CT molecular complexity index is 790. The van der Waals surface area contributed by atoms with E-state index in [0.29, 0.717) is 18.4 Å². The highest BCUT2D eigenvalue weighted by molar-refractivity contribution is 6.08. The summed E-state index contributed by atoms with van der Waals surface area (Å²) < 4.78 is 14.1. The van der Waals surface area contributed by atoms with E-state index in [4.69, 9.17) is 4.99 Å². The molecule has 1 amide bonds. The van der Waals surface area contributed by atoms with E-state index in [1.807, 2.05) is 17.0 Å². The second kappa shape index (κ2) is 6.40. The van der Waals surface area contributed by atoms with Crippen molar-refractivity contribution in [2.75, 3.05) is 19.6 Å². The van der Waals surface area contributed by atoms with Crippen molar-refractivity contribution < 1.29 is 9.18 Å². The summed E-state index contributed by atoms with van der Waals surface area (Å²) in [5.41, 5.74) is 0.215. The van der Waals surface area contributed by atoms with Crippen LogP contribution in [0.4, 0.5) is 4.39 Å². The van der Waals surface area contributed by atoms with Crippen LogP contribution in [0.1, 0.15) is 44.6 Å². The molecule has 0 bridgehead atoms. The van der Waals surface area contributed by atoms with Gasteiger partial charge in [-0.25, -0.2) is 4.39 Å². The third-order valence-corrected chi connectivity index (χ3v) is 7.09. The van der Waals surface area contributed by atoms with Gasteiger partial charge < -0.3 is 0 Å². The first kappa shape index (κ1) is 17.4. The molecule has 1 aromatic carbocycles. The van der Waals surface area contributed by atoms with Crippen molar-refractivity contribution in [3.8, 4) is 0 Å². The highest BCUT2D eigenvalue weighted by atomic mass is 19.1. The number of likely N-dealkylation sites (tertiary alicyclic amines) is 1. The maximum absolute atomic E-state index is 14.1. The molecule has 1 spiro atoms. The summed E-state index contributed by atoms with van der Waals surface area (Å²) in [6, 6.07) is 7.02. The average molecular weight is 369 g/mol. The van der Waals surface area contributed by atoms with E-state index in [1.54, 1.807) is 6.07 Å². The van der Waals surface area contributed by atoms with Crippen LogP contribution in [0.3, 0.4) is 0 Å². The lowest BCUT2D eigenvalue weighted by Crippen LogP contribution is -2.47. The molecule has 3 atom stereocenters. The van der Waals surface area contributed by atoms with E-state index in [0.717, 1.165) is 50.3 Å². The van der Waals surface area contributed by atoms with Gasteiger partial charge >= 0.3 is 0 Å². The second-order valence-corrected chi connectivity index (χ2v) is 8.86. The third-order valence-electron chi connectivity index (χ3n) is 7.09. The molecule has 2 aliphatic carbocycles. The summed E-state index contributed by atoms with van der Waals surface area (Å²) in [5.74, 6) is 2.58. The molecule has 2 saturated carbocycles. The van der Waals surface area contributed by atoms with E-state index in [-0.39, 0.29) is 17.6 Å². The van der Waals surface area contributed by atoms with Crippen LogP contribution >= 0.6 is 0 Å². The molecule has 4 aliphatic rings. The van der Waals surface area contributed by atoms with Gasteiger partial charge in [0.1, 0.15) is 17.2 Å². The number of carbonyl (C=O) groups excluding carboxylic acids is 1. The molecule has 2 aliphatic heterocycles. The summed E-state index contributed by atoms with van der Waals surface area (Å²) >= 11 is 0. The number of aliphatic imine (C=N–C) groups is 1. The number of fused-ring (bicyclic) bond motifs is 2. The van der Waals surface area contributed by atoms with Crippen LogP contribution in [0.5, 0.6) is 0 Å². The summed E-state index contributed by atoms with van der Waals surface area (Å²) in [6.45, 7) is 5.40. The topological polar surface area (TPSA) is 35.9 Å². The Hall–Kier alpha value is -1.75. The Kier molecular flexibility index (Phi) is 4.12. The number of rotatable bonds is 5. The van der Waals surface area contributed by atoms with Gasteiger partial charge in [0.2, 0.25) is 0 Å². The fourth-order valence-corrected chi connectivity index (χ4v) is 5.49. The van der Waals surface area contributed by atoms with Gasteiger partial charge in [0, 0.05) is 44.1 Å². The van der Waals surface area contributed by atoms with Crippen molar-refractivity contribution >= 4 is 11.7 Å². The Morgan fingerprint density at radius 3 is 2.78 bits per heavy atom. The molecule has 0 aromatic heterocycles. The number of amides is 1. The largest absolute Gasteiger partial charge is 0.298 e. The Labute approximate surface area is 160 Å². The van der Waals surface area contributed by atoms with Gasteiger partial charge in [0.05, 0.1) is 0 Å². The molecule has 144 valence electrons. The molecule has 0 N–H and O–H groups in total.